The van der Waals surface area contributed by atoms with Crippen LogP contribution < -0.4 is 5.32 Å². The second kappa shape index (κ2) is 9.75. The summed E-state index contributed by atoms with van der Waals surface area (Å²) in [5.74, 6) is -4.55. The van der Waals surface area contributed by atoms with Crippen LogP contribution in [0, 0.1) is 12.8 Å². The summed E-state index contributed by atoms with van der Waals surface area (Å²) in [6, 6.07) is 7.80. The van der Waals surface area contributed by atoms with Crippen molar-refractivity contribution in [3.63, 3.8) is 0 Å². The summed E-state index contributed by atoms with van der Waals surface area (Å²) in [6.45, 7) is 2.41. The fourth-order valence-corrected chi connectivity index (χ4v) is 4.23. The number of aryl methyl sites for hydroxylation is 1. The van der Waals surface area contributed by atoms with Gasteiger partial charge in [-0.15, -0.1) is 0 Å². The van der Waals surface area contributed by atoms with E-state index in [0.29, 0.717) is 29.3 Å². The van der Waals surface area contributed by atoms with Crippen LogP contribution in [0.4, 0.5) is 27.9 Å². The third kappa shape index (κ3) is 5.58. The molecule has 4 heterocycles. The average molecular weight is 506 g/mol. The highest BCUT2D eigenvalue weighted by atomic mass is 19.4. The standard InChI is InChI=1S/C24H23F5N6O/c1-14-9-23(25,26)13-35(19(14)12-33-22-31-10-16(11-32-22)24(27,28)29)21(36)20-17(7-6-15(2)34-20)18-5-3-4-8-30-18/h3-8,10-11,14,19H,9,12-13H2,1-2H3,(H,31,32,33). The highest BCUT2D eigenvalue weighted by molar-refractivity contribution is 5.99. The zero-order valence-corrected chi connectivity index (χ0v) is 19.4. The average Bonchev–Trinajstić information content (AvgIpc) is 2.82. The predicted octanol–water partition coefficient (Wildman–Crippen LogP) is 4.86. The SMILES string of the molecule is Cc1ccc(-c2ccccn2)c(C(=O)N2CC(F)(F)CC(C)C2CNc2ncc(C(F)(F)F)cn2)n1. The summed E-state index contributed by atoms with van der Waals surface area (Å²) in [5, 5.41) is 2.78. The van der Waals surface area contributed by atoms with E-state index < -0.39 is 48.5 Å². The van der Waals surface area contributed by atoms with E-state index in [1.54, 1.807) is 50.4 Å². The molecule has 7 nitrogen and oxygen atoms in total. The molecule has 4 rings (SSSR count). The maximum atomic E-state index is 14.6. The Morgan fingerprint density at radius 3 is 2.50 bits per heavy atom. The molecule has 190 valence electrons. The molecule has 2 atom stereocenters. The zero-order valence-electron chi connectivity index (χ0n) is 19.4. The molecule has 12 heteroatoms. The third-order valence-corrected chi connectivity index (χ3v) is 5.97. The minimum Gasteiger partial charge on any atom is -0.352 e. The summed E-state index contributed by atoms with van der Waals surface area (Å²) in [5.41, 5.74) is 0.392. The van der Waals surface area contributed by atoms with Crippen molar-refractivity contribution in [1.82, 2.24) is 24.8 Å². The molecule has 3 aromatic heterocycles. The molecule has 36 heavy (non-hydrogen) atoms. The van der Waals surface area contributed by atoms with Gasteiger partial charge in [-0.1, -0.05) is 13.0 Å². The van der Waals surface area contributed by atoms with Crippen LogP contribution in [0.1, 0.15) is 35.1 Å². The van der Waals surface area contributed by atoms with Crippen LogP contribution in [0.2, 0.25) is 0 Å². The molecular weight excluding hydrogens is 483 g/mol. The largest absolute Gasteiger partial charge is 0.419 e. The molecule has 1 amide bonds. The first-order valence-corrected chi connectivity index (χ1v) is 11.2. The fourth-order valence-electron chi connectivity index (χ4n) is 4.23. The molecule has 0 bridgehead atoms. The van der Waals surface area contributed by atoms with Crippen LogP contribution in [0.5, 0.6) is 0 Å². The number of amides is 1. The number of nitrogens with one attached hydrogen (secondary N) is 1. The zero-order chi connectivity index (χ0) is 26.1. The number of halogens is 5. The smallest absolute Gasteiger partial charge is 0.352 e. The van der Waals surface area contributed by atoms with Crippen LogP contribution in [-0.4, -0.2) is 55.8 Å². The number of nitrogens with zero attached hydrogens (tertiary/aromatic N) is 5. The van der Waals surface area contributed by atoms with Crippen molar-refractivity contribution >= 4 is 11.9 Å². The number of carbonyl (C=O) groups excluding carboxylic acids is 1. The van der Waals surface area contributed by atoms with E-state index in [1.165, 1.54) is 0 Å². The summed E-state index contributed by atoms with van der Waals surface area (Å²) >= 11 is 0. The van der Waals surface area contributed by atoms with Gasteiger partial charge >= 0.3 is 6.18 Å². The van der Waals surface area contributed by atoms with Crippen LogP contribution in [0.25, 0.3) is 11.3 Å². The molecule has 2 unspecified atom stereocenters. The van der Waals surface area contributed by atoms with E-state index in [0.717, 1.165) is 4.90 Å². The molecule has 1 fully saturated rings. The molecular formula is C24H23F5N6O. The summed E-state index contributed by atoms with van der Waals surface area (Å²) in [4.78, 5) is 30.7. The van der Waals surface area contributed by atoms with Gasteiger partial charge < -0.3 is 10.2 Å². The van der Waals surface area contributed by atoms with Gasteiger partial charge in [-0.3, -0.25) is 9.78 Å². The van der Waals surface area contributed by atoms with Crippen molar-refractivity contribution in [1.29, 1.82) is 0 Å². The Morgan fingerprint density at radius 1 is 1.14 bits per heavy atom. The van der Waals surface area contributed by atoms with Crippen molar-refractivity contribution in [2.45, 2.75) is 38.4 Å². The second-order valence-corrected chi connectivity index (χ2v) is 8.78. The molecule has 1 saturated heterocycles. The Hall–Kier alpha value is -3.70. The third-order valence-electron chi connectivity index (χ3n) is 5.97. The number of anilines is 1. The number of carbonyl (C=O) groups is 1. The van der Waals surface area contributed by atoms with Gasteiger partial charge in [0.1, 0.15) is 5.69 Å². The fraction of sp³-hybridized carbons (Fsp3) is 0.375. The lowest BCUT2D eigenvalue weighted by atomic mass is 9.88. The van der Waals surface area contributed by atoms with Crippen LogP contribution in [0.15, 0.2) is 48.9 Å². The van der Waals surface area contributed by atoms with Gasteiger partial charge in [0, 0.05) is 42.8 Å². The van der Waals surface area contributed by atoms with Crippen molar-refractivity contribution in [2.75, 3.05) is 18.4 Å². The van der Waals surface area contributed by atoms with Crippen molar-refractivity contribution < 1.29 is 26.7 Å². The van der Waals surface area contributed by atoms with Gasteiger partial charge in [0.05, 0.1) is 23.8 Å². The predicted molar refractivity (Wildman–Crippen MR) is 121 cm³/mol. The van der Waals surface area contributed by atoms with Crippen molar-refractivity contribution in [3.8, 4) is 11.3 Å². The first kappa shape index (κ1) is 25.4. The second-order valence-electron chi connectivity index (χ2n) is 8.78. The topological polar surface area (TPSA) is 83.9 Å². The number of aromatic nitrogens is 4. The van der Waals surface area contributed by atoms with Crippen LogP contribution in [0.3, 0.4) is 0 Å². The molecule has 0 aromatic carbocycles. The van der Waals surface area contributed by atoms with Crippen LogP contribution >= 0.6 is 0 Å². The lowest BCUT2D eigenvalue weighted by molar-refractivity contribution is -0.138. The molecule has 0 saturated carbocycles. The number of alkyl halides is 5. The molecule has 1 aliphatic heterocycles. The Bertz CT molecular complexity index is 1220. The monoisotopic (exact) mass is 506 g/mol. The molecule has 1 aliphatic rings. The van der Waals surface area contributed by atoms with E-state index in [2.05, 4.69) is 25.3 Å². The first-order valence-electron chi connectivity index (χ1n) is 11.2. The molecule has 3 aromatic rings. The molecule has 0 aliphatic carbocycles. The van der Waals surface area contributed by atoms with E-state index in [-0.39, 0.29) is 18.2 Å². The van der Waals surface area contributed by atoms with Gasteiger partial charge in [0.15, 0.2) is 0 Å². The number of pyridine rings is 2. The number of rotatable bonds is 5. The summed E-state index contributed by atoms with van der Waals surface area (Å²) in [6.07, 6.45) is -2.22. The van der Waals surface area contributed by atoms with E-state index in [4.69, 9.17) is 0 Å². The van der Waals surface area contributed by atoms with E-state index in [9.17, 15) is 26.7 Å². The van der Waals surface area contributed by atoms with Crippen molar-refractivity contribution in [3.05, 3.63) is 65.9 Å². The van der Waals surface area contributed by atoms with E-state index >= 15 is 0 Å². The van der Waals surface area contributed by atoms with Crippen LogP contribution in [-0.2, 0) is 6.18 Å². The van der Waals surface area contributed by atoms with Gasteiger partial charge in [-0.25, -0.2) is 23.7 Å². The highest BCUT2D eigenvalue weighted by Gasteiger charge is 2.46. The Kier molecular flexibility index (Phi) is 6.87. The molecule has 0 spiro atoms. The highest BCUT2D eigenvalue weighted by Crippen LogP contribution is 2.36. The van der Waals surface area contributed by atoms with Gasteiger partial charge in [0.25, 0.3) is 11.8 Å². The maximum absolute atomic E-state index is 14.6. The lowest BCUT2D eigenvalue weighted by Crippen LogP contribution is -2.57. The number of likely N-dealkylation sites (tertiary alicyclic amines) is 1. The minimum atomic E-state index is -4.59. The Morgan fingerprint density at radius 2 is 1.86 bits per heavy atom. The molecule has 1 N–H and O–H groups in total. The normalized spacial score (nSPS) is 19.7. The number of hydrogen-bond donors (Lipinski definition) is 1. The Labute approximate surface area is 203 Å². The van der Waals surface area contributed by atoms with Gasteiger partial charge in [0.2, 0.25) is 5.95 Å². The number of piperidine rings is 1. The van der Waals surface area contributed by atoms with E-state index in [1.807, 2.05) is 0 Å². The number of hydrogen-bond acceptors (Lipinski definition) is 6. The minimum absolute atomic E-state index is 0.00520. The van der Waals surface area contributed by atoms with Gasteiger partial charge in [-0.2, -0.15) is 13.2 Å². The summed E-state index contributed by atoms with van der Waals surface area (Å²) in [7, 11) is 0. The first-order chi connectivity index (χ1) is 16.9. The van der Waals surface area contributed by atoms with Gasteiger partial charge in [-0.05, 0) is 37.1 Å². The summed E-state index contributed by atoms with van der Waals surface area (Å²) < 4.78 is 67.5. The maximum Gasteiger partial charge on any atom is 0.419 e. The Balaban J connectivity index is 1.63. The lowest BCUT2D eigenvalue weighted by Gasteiger charge is -2.43. The van der Waals surface area contributed by atoms with Crippen molar-refractivity contribution in [2.24, 2.45) is 5.92 Å². The molecule has 0 radical (unpaired) electrons. The quantitative estimate of drug-likeness (QED) is 0.498.